The molecular formula is C32H44N2O6. The molecule has 3 saturated heterocycles. The number of unbranched alkanes of at least 4 members (excludes halogenated alkanes) is 1. The highest BCUT2D eigenvalue weighted by molar-refractivity contribution is 6.05. The lowest BCUT2D eigenvalue weighted by Crippen LogP contribution is -2.59. The third-order valence-electron chi connectivity index (χ3n) is 9.27. The maximum absolute atomic E-state index is 14.8. The summed E-state index contributed by atoms with van der Waals surface area (Å²) < 4.78 is 12.5. The van der Waals surface area contributed by atoms with Gasteiger partial charge in [-0.2, -0.15) is 0 Å². The van der Waals surface area contributed by atoms with Crippen molar-refractivity contribution in [1.82, 2.24) is 4.90 Å². The zero-order valence-corrected chi connectivity index (χ0v) is 24.4. The fourth-order valence-electron chi connectivity index (χ4n) is 7.39. The van der Waals surface area contributed by atoms with E-state index in [1.54, 1.807) is 17.1 Å². The first-order valence-electron chi connectivity index (χ1n) is 14.6. The molecule has 3 fully saturated rings. The number of nitrogens with zero attached hydrogens (tertiary/aromatic N) is 2. The van der Waals surface area contributed by atoms with Gasteiger partial charge in [-0.3, -0.25) is 14.4 Å². The maximum atomic E-state index is 14.8. The summed E-state index contributed by atoms with van der Waals surface area (Å²) in [5, 5.41) is 10.3. The van der Waals surface area contributed by atoms with Gasteiger partial charge in [0, 0.05) is 12.2 Å². The Labute approximate surface area is 238 Å². The van der Waals surface area contributed by atoms with Gasteiger partial charge in [-0.15, -0.1) is 13.2 Å². The van der Waals surface area contributed by atoms with E-state index in [1.165, 1.54) is 4.90 Å². The van der Waals surface area contributed by atoms with Crippen molar-refractivity contribution in [1.29, 1.82) is 0 Å². The number of carbonyl (C=O) groups excluding carboxylic acids is 3. The lowest BCUT2D eigenvalue weighted by atomic mass is 9.65. The van der Waals surface area contributed by atoms with Crippen molar-refractivity contribution >= 4 is 23.5 Å². The minimum absolute atomic E-state index is 0.231. The number of allylic oxidation sites excluding steroid dienone is 1. The van der Waals surface area contributed by atoms with Crippen LogP contribution < -0.4 is 4.90 Å². The van der Waals surface area contributed by atoms with Crippen molar-refractivity contribution in [2.24, 2.45) is 11.8 Å². The van der Waals surface area contributed by atoms with E-state index in [0.29, 0.717) is 32.1 Å². The molecule has 1 aromatic carbocycles. The van der Waals surface area contributed by atoms with Crippen LogP contribution in [0.5, 0.6) is 0 Å². The summed E-state index contributed by atoms with van der Waals surface area (Å²) in [5.74, 6) is -2.72. The zero-order valence-electron chi connectivity index (χ0n) is 24.4. The van der Waals surface area contributed by atoms with Crippen molar-refractivity contribution in [2.75, 3.05) is 24.7 Å². The predicted molar refractivity (Wildman–Crippen MR) is 154 cm³/mol. The van der Waals surface area contributed by atoms with Crippen molar-refractivity contribution in [3.63, 3.8) is 0 Å². The number of ether oxygens (including phenoxy) is 2. The molecule has 40 heavy (non-hydrogen) atoms. The molecule has 0 radical (unpaired) electrons. The van der Waals surface area contributed by atoms with Gasteiger partial charge in [0.25, 0.3) is 5.91 Å². The Kier molecular flexibility index (Phi) is 8.90. The predicted octanol–water partition coefficient (Wildman–Crippen LogP) is 4.26. The van der Waals surface area contributed by atoms with Crippen LogP contribution in [-0.4, -0.2) is 70.8 Å². The van der Waals surface area contributed by atoms with Crippen LogP contribution in [0.25, 0.3) is 0 Å². The number of aryl methyl sites for hydroxylation is 2. The van der Waals surface area contributed by atoms with Crippen LogP contribution in [0.2, 0.25) is 0 Å². The second-order valence-electron chi connectivity index (χ2n) is 11.4. The van der Waals surface area contributed by atoms with E-state index in [1.807, 2.05) is 45.9 Å². The van der Waals surface area contributed by atoms with E-state index in [-0.39, 0.29) is 31.6 Å². The average Bonchev–Trinajstić information content (AvgIpc) is 3.55. The number of fused-ring (bicyclic) bond motifs is 1. The molecule has 0 saturated carbocycles. The summed E-state index contributed by atoms with van der Waals surface area (Å²) in [5.41, 5.74) is 0.568. The first-order valence-corrected chi connectivity index (χ1v) is 14.6. The topological polar surface area (TPSA) is 96.4 Å². The van der Waals surface area contributed by atoms with Crippen molar-refractivity contribution < 1.29 is 29.0 Å². The molecule has 2 amide bonds. The molecule has 1 aromatic rings. The summed E-state index contributed by atoms with van der Waals surface area (Å²) in [6, 6.07) is 4.27. The smallest absolute Gasteiger partial charge is 0.312 e. The fraction of sp³-hybridized carbons (Fsp3) is 0.594. The Hall–Kier alpha value is -2.97. The minimum atomic E-state index is -1.19. The van der Waals surface area contributed by atoms with E-state index < -0.39 is 41.1 Å². The van der Waals surface area contributed by atoms with Crippen LogP contribution in [0.1, 0.15) is 63.5 Å². The summed E-state index contributed by atoms with van der Waals surface area (Å²) in [4.78, 5) is 46.0. The molecule has 2 bridgehead atoms. The van der Waals surface area contributed by atoms with Gasteiger partial charge in [-0.25, -0.2) is 0 Å². The van der Waals surface area contributed by atoms with Crippen LogP contribution in [0.4, 0.5) is 5.69 Å². The van der Waals surface area contributed by atoms with Crippen molar-refractivity contribution in [3.05, 3.63) is 54.6 Å². The highest BCUT2D eigenvalue weighted by atomic mass is 16.6. The molecule has 3 aliphatic rings. The Morgan fingerprint density at radius 2 is 1.93 bits per heavy atom. The van der Waals surface area contributed by atoms with E-state index in [4.69, 9.17) is 9.47 Å². The Bertz CT molecular complexity index is 1140. The Balaban J connectivity index is 1.83. The third-order valence-corrected chi connectivity index (χ3v) is 9.27. The number of carbonyl (C=O) groups is 3. The lowest BCUT2D eigenvalue weighted by molar-refractivity contribution is -0.162. The zero-order chi connectivity index (χ0) is 29.2. The summed E-state index contributed by atoms with van der Waals surface area (Å²) >= 11 is 0. The molecule has 6 atom stereocenters. The highest BCUT2D eigenvalue weighted by Gasteiger charge is 2.79. The Morgan fingerprint density at radius 3 is 2.50 bits per heavy atom. The van der Waals surface area contributed by atoms with Gasteiger partial charge in [-0.1, -0.05) is 44.2 Å². The first kappa shape index (κ1) is 30.0. The number of amides is 2. The molecule has 8 heteroatoms. The third kappa shape index (κ3) is 4.59. The van der Waals surface area contributed by atoms with Crippen molar-refractivity contribution in [3.8, 4) is 0 Å². The number of esters is 1. The normalized spacial score (nSPS) is 29.3. The van der Waals surface area contributed by atoms with E-state index >= 15 is 0 Å². The van der Waals surface area contributed by atoms with Crippen LogP contribution in [-0.2, 0) is 23.9 Å². The summed E-state index contributed by atoms with van der Waals surface area (Å²) in [7, 11) is 0. The molecule has 0 aliphatic carbocycles. The number of aliphatic hydroxyl groups is 1. The number of aliphatic hydroxyl groups excluding tert-OH is 1. The van der Waals surface area contributed by atoms with E-state index in [9.17, 15) is 19.5 Å². The number of hydrogen-bond acceptors (Lipinski definition) is 6. The second-order valence-corrected chi connectivity index (χ2v) is 11.4. The van der Waals surface area contributed by atoms with Gasteiger partial charge in [0.2, 0.25) is 5.91 Å². The number of likely N-dealkylation sites (tertiary alicyclic amines) is 1. The number of hydrogen-bond donors (Lipinski definition) is 1. The van der Waals surface area contributed by atoms with E-state index in [0.717, 1.165) is 23.2 Å². The van der Waals surface area contributed by atoms with Gasteiger partial charge >= 0.3 is 5.97 Å². The van der Waals surface area contributed by atoms with Crippen molar-refractivity contribution in [2.45, 2.75) is 89.5 Å². The van der Waals surface area contributed by atoms with Gasteiger partial charge < -0.3 is 24.4 Å². The van der Waals surface area contributed by atoms with Crippen LogP contribution in [0, 0.1) is 25.7 Å². The number of anilines is 1. The van der Waals surface area contributed by atoms with Crippen LogP contribution in [0.3, 0.4) is 0 Å². The van der Waals surface area contributed by atoms with Gasteiger partial charge in [0.15, 0.2) is 0 Å². The van der Waals surface area contributed by atoms with Gasteiger partial charge in [0.05, 0.1) is 30.8 Å². The van der Waals surface area contributed by atoms with Crippen LogP contribution in [0.15, 0.2) is 43.5 Å². The van der Waals surface area contributed by atoms with Crippen LogP contribution >= 0.6 is 0 Å². The summed E-state index contributed by atoms with van der Waals surface area (Å²) in [6.07, 6.45) is 6.82. The second kappa shape index (κ2) is 11.9. The lowest BCUT2D eigenvalue weighted by Gasteiger charge is -2.40. The number of para-hydroxylation sites is 1. The van der Waals surface area contributed by atoms with E-state index in [2.05, 4.69) is 13.2 Å². The largest absolute Gasteiger partial charge is 0.465 e. The molecule has 218 valence electrons. The number of benzene rings is 1. The SMILES string of the molecule is C=CCCCOC(=O)[C@H]1[C@H]2C(=O)N([C@@H](CC)CO)C(C(=O)N(CC=C)c3c(C)cccc3C)C23CC[C@]1(CC)O3. The maximum Gasteiger partial charge on any atom is 0.312 e. The first-order chi connectivity index (χ1) is 19.2. The minimum Gasteiger partial charge on any atom is -0.465 e. The fourth-order valence-corrected chi connectivity index (χ4v) is 7.39. The molecule has 3 heterocycles. The molecule has 0 aromatic heterocycles. The average molecular weight is 553 g/mol. The molecule has 3 aliphatic heterocycles. The van der Waals surface area contributed by atoms with Gasteiger partial charge in [-0.05, 0) is 63.5 Å². The molecule has 1 N–H and O–H groups in total. The standard InChI is InChI=1S/C32H44N2O6/c1-7-11-12-19-39-30(38)25-24-28(36)34(23(9-3)20-35)27(32(24)17-16-31(25,10-4)40-32)29(37)33(18-8-2)26-21(5)14-13-15-22(26)6/h7-8,13-15,23-25,27,35H,1-2,9-12,16-20H2,3-6H3/t23-,24-,25+,27?,31-,32?/m0/s1. The summed E-state index contributed by atoms with van der Waals surface area (Å²) in [6.45, 7) is 15.5. The number of rotatable bonds is 13. The molecular weight excluding hydrogens is 508 g/mol. The Morgan fingerprint density at radius 1 is 1.23 bits per heavy atom. The highest BCUT2D eigenvalue weighted by Crippen LogP contribution is 2.65. The van der Waals surface area contributed by atoms with Gasteiger partial charge in [0.1, 0.15) is 17.6 Å². The molecule has 1 spiro atoms. The molecule has 2 unspecified atom stereocenters. The molecule has 4 rings (SSSR count). The monoisotopic (exact) mass is 552 g/mol. The molecule has 8 nitrogen and oxygen atoms in total. The quantitative estimate of drug-likeness (QED) is 0.223.